The van der Waals surface area contributed by atoms with E-state index >= 15 is 0 Å². The maximum absolute atomic E-state index is 12.5. The van der Waals surface area contributed by atoms with E-state index in [9.17, 15) is 22.8 Å². The minimum atomic E-state index is -4.78. The Bertz CT molecular complexity index is 851. The average molecular weight is 381 g/mol. The monoisotopic (exact) mass is 381 g/mol. The summed E-state index contributed by atoms with van der Waals surface area (Å²) in [5, 5.41) is 9.05. The highest BCUT2D eigenvalue weighted by atomic mass is 19.4. The van der Waals surface area contributed by atoms with Crippen molar-refractivity contribution in [3.63, 3.8) is 0 Å². The highest BCUT2D eigenvalue weighted by Crippen LogP contribution is 2.28. The van der Waals surface area contributed by atoms with Crippen molar-refractivity contribution in [1.82, 2.24) is 0 Å². The van der Waals surface area contributed by atoms with Crippen molar-refractivity contribution >= 4 is 17.6 Å². The summed E-state index contributed by atoms with van der Waals surface area (Å²) in [5.74, 6) is -1.62. The lowest BCUT2D eigenvalue weighted by Gasteiger charge is -2.18. The molecule has 1 heterocycles. The lowest BCUT2D eigenvalue weighted by molar-refractivity contribution is -0.274. The number of alkyl halides is 3. The first-order valence-electron chi connectivity index (χ1n) is 7.90. The molecule has 1 atom stereocenters. The molecule has 0 bridgehead atoms. The number of amides is 1. The number of carboxylic acid groups (broad SMARTS) is 1. The van der Waals surface area contributed by atoms with Crippen molar-refractivity contribution in [3.05, 3.63) is 54.1 Å². The molecule has 2 aromatic carbocycles. The lowest BCUT2D eigenvalue weighted by atomic mass is 10.2. The van der Waals surface area contributed by atoms with Crippen LogP contribution in [0.2, 0.25) is 0 Å². The Balaban J connectivity index is 1.67. The Morgan fingerprint density at radius 1 is 1.11 bits per heavy atom. The van der Waals surface area contributed by atoms with Crippen LogP contribution in [0.25, 0.3) is 0 Å². The van der Waals surface area contributed by atoms with Gasteiger partial charge >= 0.3 is 12.3 Å². The smallest absolute Gasteiger partial charge is 0.481 e. The molecular formula is C18H14F3NO5. The van der Waals surface area contributed by atoms with Crippen molar-refractivity contribution in [1.29, 1.82) is 0 Å². The van der Waals surface area contributed by atoms with E-state index in [0.717, 1.165) is 12.1 Å². The molecule has 1 aliphatic rings. The van der Waals surface area contributed by atoms with Crippen LogP contribution in [0, 0.1) is 0 Å². The van der Waals surface area contributed by atoms with E-state index in [1.807, 2.05) is 0 Å². The SMILES string of the molecule is O=C(O)c1cccc(N2CCC(Oc3ccc(OC(F)(F)F)cc3)C2=O)c1. The number of benzene rings is 2. The topological polar surface area (TPSA) is 76.1 Å². The molecule has 0 saturated carbocycles. The first-order valence-corrected chi connectivity index (χ1v) is 7.90. The first kappa shape index (κ1) is 18.6. The minimum Gasteiger partial charge on any atom is -0.481 e. The van der Waals surface area contributed by atoms with Crippen LogP contribution in [-0.2, 0) is 4.79 Å². The minimum absolute atomic E-state index is 0.0601. The largest absolute Gasteiger partial charge is 0.573 e. The van der Waals surface area contributed by atoms with Crippen molar-refractivity contribution in [2.75, 3.05) is 11.4 Å². The molecule has 0 spiro atoms. The van der Waals surface area contributed by atoms with E-state index < -0.39 is 18.4 Å². The van der Waals surface area contributed by atoms with E-state index in [1.165, 1.54) is 29.2 Å². The fourth-order valence-corrected chi connectivity index (χ4v) is 2.71. The summed E-state index contributed by atoms with van der Waals surface area (Å²) in [7, 11) is 0. The standard InChI is InChI=1S/C18H14F3NO5/c19-18(20,21)27-14-6-4-13(5-7-14)26-15-8-9-22(16(15)23)12-3-1-2-11(10-12)17(24)25/h1-7,10,15H,8-9H2,(H,24,25). The van der Waals surface area contributed by atoms with Gasteiger partial charge in [0.2, 0.25) is 0 Å². The van der Waals surface area contributed by atoms with Gasteiger partial charge < -0.3 is 19.5 Å². The molecule has 1 N–H and O–H groups in total. The highest BCUT2D eigenvalue weighted by molar-refractivity contribution is 6.00. The maximum atomic E-state index is 12.5. The maximum Gasteiger partial charge on any atom is 0.573 e. The van der Waals surface area contributed by atoms with Crippen LogP contribution >= 0.6 is 0 Å². The predicted octanol–water partition coefficient (Wildman–Crippen LogP) is 3.47. The molecule has 27 heavy (non-hydrogen) atoms. The zero-order chi connectivity index (χ0) is 19.6. The fourth-order valence-electron chi connectivity index (χ4n) is 2.71. The number of anilines is 1. The van der Waals surface area contributed by atoms with Gasteiger partial charge in [-0.1, -0.05) is 6.07 Å². The Hall–Kier alpha value is -3.23. The number of hydrogen-bond donors (Lipinski definition) is 1. The van der Waals surface area contributed by atoms with Gasteiger partial charge in [-0.15, -0.1) is 13.2 Å². The number of carbonyl (C=O) groups excluding carboxylic acids is 1. The summed E-state index contributed by atoms with van der Waals surface area (Å²) >= 11 is 0. The number of carboxylic acids is 1. The molecular weight excluding hydrogens is 367 g/mol. The summed E-state index contributed by atoms with van der Waals surface area (Å²) in [4.78, 5) is 25.0. The third-order valence-corrected chi connectivity index (χ3v) is 3.90. The second kappa shape index (κ2) is 7.18. The second-order valence-corrected chi connectivity index (χ2v) is 5.76. The van der Waals surface area contributed by atoms with Crippen LogP contribution in [0.4, 0.5) is 18.9 Å². The zero-order valence-corrected chi connectivity index (χ0v) is 13.8. The molecule has 0 aliphatic carbocycles. The van der Waals surface area contributed by atoms with Gasteiger partial charge in [-0.05, 0) is 42.5 Å². The molecule has 3 rings (SSSR count). The molecule has 0 aromatic heterocycles. The molecule has 0 radical (unpaired) electrons. The van der Waals surface area contributed by atoms with Crippen molar-refractivity contribution < 1.29 is 37.3 Å². The van der Waals surface area contributed by atoms with E-state index in [2.05, 4.69) is 4.74 Å². The summed E-state index contributed by atoms with van der Waals surface area (Å²) in [6, 6.07) is 10.7. The third kappa shape index (κ3) is 4.49. The number of hydrogen-bond acceptors (Lipinski definition) is 4. The third-order valence-electron chi connectivity index (χ3n) is 3.90. The molecule has 2 aromatic rings. The summed E-state index contributed by atoms with van der Waals surface area (Å²) in [6.07, 6.45) is -5.24. The van der Waals surface area contributed by atoms with E-state index in [4.69, 9.17) is 9.84 Å². The Morgan fingerprint density at radius 2 is 1.78 bits per heavy atom. The predicted molar refractivity (Wildman–Crippen MR) is 87.9 cm³/mol. The number of rotatable bonds is 5. The van der Waals surface area contributed by atoms with E-state index in [1.54, 1.807) is 12.1 Å². The van der Waals surface area contributed by atoms with Crippen LogP contribution in [0.15, 0.2) is 48.5 Å². The molecule has 9 heteroatoms. The molecule has 1 amide bonds. The first-order chi connectivity index (χ1) is 12.7. The fraction of sp³-hybridized carbons (Fsp3) is 0.222. The van der Waals surface area contributed by atoms with Crippen molar-refractivity contribution in [2.24, 2.45) is 0 Å². The lowest BCUT2D eigenvalue weighted by Crippen LogP contribution is -2.32. The van der Waals surface area contributed by atoms with Crippen LogP contribution in [0.1, 0.15) is 16.8 Å². The van der Waals surface area contributed by atoms with Gasteiger partial charge in [0.1, 0.15) is 11.5 Å². The van der Waals surface area contributed by atoms with Crippen LogP contribution < -0.4 is 14.4 Å². The molecule has 142 valence electrons. The number of halogens is 3. The summed E-state index contributed by atoms with van der Waals surface area (Å²) in [6.45, 7) is 0.335. The highest BCUT2D eigenvalue weighted by Gasteiger charge is 2.35. The number of aromatic carboxylic acids is 1. The van der Waals surface area contributed by atoms with Gasteiger partial charge in [-0.3, -0.25) is 4.79 Å². The molecule has 1 aliphatic heterocycles. The Labute approximate surface area is 151 Å². The van der Waals surface area contributed by atoms with Crippen LogP contribution in [0.3, 0.4) is 0 Å². The van der Waals surface area contributed by atoms with Gasteiger partial charge in [-0.25, -0.2) is 4.79 Å². The molecule has 1 unspecified atom stereocenters. The van der Waals surface area contributed by atoms with E-state index in [-0.39, 0.29) is 23.0 Å². The zero-order valence-electron chi connectivity index (χ0n) is 13.8. The van der Waals surface area contributed by atoms with Gasteiger partial charge in [0.15, 0.2) is 6.10 Å². The number of ether oxygens (including phenoxy) is 2. The molecule has 1 saturated heterocycles. The number of carbonyl (C=O) groups is 2. The summed E-state index contributed by atoms with van der Waals surface area (Å²) < 4.78 is 45.8. The van der Waals surface area contributed by atoms with Crippen molar-refractivity contribution in [3.8, 4) is 11.5 Å². The van der Waals surface area contributed by atoms with Gasteiger partial charge in [-0.2, -0.15) is 0 Å². The Morgan fingerprint density at radius 3 is 2.41 bits per heavy atom. The Kier molecular flexibility index (Phi) is 4.93. The van der Waals surface area contributed by atoms with Gasteiger partial charge in [0, 0.05) is 18.7 Å². The van der Waals surface area contributed by atoms with Crippen LogP contribution in [0.5, 0.6) is 11.5 Å². The quantitative estimate of drug-likeness (QED) is 0.858. The van der Waals surface area contributed by atoms with Crippen molar-refractivity contribution in [2.45, 2.75) is 18.9 Å². The second-order valence-electron chi connectivity index (χ2n) is 5.76. The van der Waals surface area contributed by atoms with Gasteiger partial charge in [0.25, 0.3) is 5.91 Å². The van der Waals surface area contributed by atoms with E-state index in [0.29, 0.717) is 18.7 Å². The average Bonchev–Trinajstić information content (AvgIpc) is 2.96. The molecule has 1 fully saturated rings. The molecule has 6 nitrogen and oxygen atoms in total. The van der Waals surface area contributed by atoms with Crippen LogP contribution in [-0.4, -0.2) is 36.0 Å². The summed E-state index contributed by atoms with van der Waals surface area (Å²) in [5.41, 5.74) is 0.504. The number of nitrogens with zero attached hydrogens (tertiary/aromatic N) is 1. The normalized spacial score (nSPS) is 17.1. The van der Waals surface area contributed by atoms with Gasteiger partial charge in [0.05, 0.1) is 5.56 Å².